The summed E-state index contributed by atoms with van der Waals surface area (Å²) in [5.74, 6) is -10.7. The minimum Gasteiger partial charge on any atom is -0.465 e. The summed E-state index contributed by atoms with van der Waals surface area (Å²) in [4.78, 5) is 113. The monoisotopic (exact) mass is 867 g/mol. The van der Waals surface area contributed by atoms with Crippen LogP contribution in [0.1, 0.15) is 88.2 Å². The van der Waals surface area contributed by atoms with E-state index in [9.17, 15) is 43.5 Å². The van der Waals surface area contributed by atoms with Gasteiger partial charge in [0.2, 0.25) is 0 Å². The van der Waals surface area contributed by atoms with Crippen molar-refractivity contribution in [2.45, 2.75) is 122 Å². The number of ether oxygens (including phenoxy) is 9. The number of aliphatic hydroxyl groups is 1. The van der Waals surface area contributed by atoms with Crippen LogP contribution in [0, 0.1) is 17.3 Å². The van der Waals surface area contributed by atoms with Gasteiger partial charge in [0.1, 0.15) is 42.0 Å². The van der Waals surface area contributed by atoms with Gasteiger partial charge in [-0.3, -0.25) is 33.8 Å². The maximum absolute atomic E-state index is 14.4. The van der Waals surface area contributed by atoms with Crippen LogP contribution in [0.15, 0.2) is 48.7 Å². The van der Waals surface area contributed by atoms with E-state index in [1.54, 1.807) is 6.07 Å². The van der Waals surface area contributed by atoms with Crippen LogP contribution in [-0.4, -0.2) is 124 Å². The first kappa shape index (κ1) is 45.6. The van der Waals surface area contributed by atoms with Crippen molar-refractivity contribution < 1.29 is 86.1 Å². The van der Waals surface area contributed by atoms with Crippen LogP contribution in [0.25, 0.3) is 0 Å². The smallest absolute Gasteiger partial charge is 0.340 e. The van der Waals surface area contributed by atoms with Crippen LogP contribution in [0.2, 0.25) is 0 Å². The quantitative estimate of drug-likeness (QED) is 0.295. The van der Waals surface area contributed by atoms with Crippen molar-refractivity contribution in [1.82, 2.24) is 4.98 Å². The summed E-state index contributed by atoms with van der Waals surface area (Å²) in [7, 11) is 0. The number of rotatable bonds is 8. The number of aromatic nitrogens is 1. The molecule has 2 saturated carbocycles. The fourth-order valence-electron chi connectivity index (χ4n) is 9.73. The Morgan fingerprint density at radius 1 is 0.774 bits per heavy atom. The summed E-state index contributed by atoms with van der Waals surface area (Å²) < 4.78 is 55.3. The molecule has 0 radical (unpaired) electrons. The van der Waals surface area contributed by atoms with Crippen LogP contribution < -0.4 is 0 Å². The largest absolute Gasteiger partial charge is 0.465 e. The van der Waals surface area contributed by atoms with Gasteiger partial charge in [0.05, 0.1) is 28.7 Å². The van der Waals surface area contributed by atoms with Crippen molar-refractivity contribution in [1.29, 1.82) is 0 Å². The lowest BCUT2D eigenvalue weighted by atomic mass is 9.45. The van der Waals surface area contributed by atoms with Crippen LogP contribution in [-0.2, 0) is 77.8 Å². The highest BCUT2D eigenvalue weighted by molar-refractivity contribution is 5.91. The predicted molar refractivity (Wildman–Crippen MR) is 205 cm³/mol. The molecule has 1 N–H and O–H groups in total. The van der Waals surface area contributed by atoms with Crippen molar-refractivity contribution in [3.05, 3.63) is 65.5 Å². The van der Waals surface area contributed by atoms with Gasteiger partial charge in [-0.1, -0.05) is 25.1 Å². The highest BCUT2D eigenvalue weighted by atomic mass is 16.7. The second kappa shape index (κ2) is 17.1. The molecule has 62 heavy (non-hydrogen) atoms. The Labute approximate surface area is 355 Å². The van der Waals surface area contributed by atoms with E-state index in [0.29, 0.717) is 0 Å². The summed E-state index contributed by atoms with van der Waals surface area (Å²) in [5.41, 5.74) is -10.1. The number of hydrogen-bond donors (Lipinski definition) is 1. The van der Waals surface area contributed by atoms with E-state index in [4.69, 9.17) is 42.6 Å². The van der Waals surface area contributed by atoms with E-state index in [1.807, 2.05) is 0 Å². The lowest BCUT2D eigenvalue weighted by Gasteiger charge is -2.67. The summed E-state index contributed by atoms with van der Waals surface area (Å²) in [6.07, 6.45) is -10.6. The third-order valence-corrected chi connectivity index (χ3v) is 12.1. The number of benzene rings is 1. The van der Waals surface area contributed by atoms with E-state index < -0.39 is 132 Å². The number of aryl methyl sites for hydroxylation is 1. The molecule has 19 heteroatoms. The van der Waals surface area contributed by atoms with Crippen LogP contribution >= 0.6 is 0 Å². The first-order valence-corrected chi connectivity index (χ1v) is 19.9. The predicted octanol–water partition coefficient (Wildman–Crippen LogP) is 2.16. The lowest BCUT2D eigenvalue weighted by Crippen LogP contribution is -2.89. The molecule has 6 rings (SSSR count). The molecule has 3 fully saturated rings. The van der Waals surface area contributed by atoms with Gasteiger partial charge < -0.3 is 47.7 Å². The minimum atomic E-state index is -2.86. The number of cyclic esters (lactones) is 1. The van der Waals surface area contributed by atoms with Crippen LogP contribution in [0.3, 0.4) is 0 Å². The first-order chi connectivity index (χ1) is 29.1. The zero-order valence-corrected chi connectivity index (χ0v) is 35.4. The van der Waals surface area contributed by atoms with Gasteiger partial charge >= 0.3 is 47.8 Å². The van der Waals surface area contributed by atoms with E-state index in [1.165, 1.54) is 56.4 Å². The third-order valence-electron chi connectivity index (χ3n) is 12.1. The molecule has 2 aromatic rings. The Morgan fingerprint density at radius 3 is 1.97 bits per heavy atom. The molecule has 1 aromatic heterocycles. The van der Waals surface area contributed by atoms with Crippen LogP contribution in [0.4, 0.5) is 0 Å². The molecule has 1 spiro atoms. The standard InChI is InChI=1S/C43H49NO18/c1-21-16-17-29-28(15-12-18-44-29)39(52)55-19-40(7)30-31(56-23(3)46)35(58-25(5)48)42(20-54-22(2)45)36(59-26(6)49)32(60-38(51)27-13-10-9-11-14-27)34(61-37(21)50)41(8,53)43(42,62-40)33(30)57-24(4)47/h9-15,18,21,30-36,53H,16-17,19-20H2,1-8H3/t21-,30-,31-,32+,33-,34+,35-,36+,40+,41-,42-,43+/m1/s1. The molecule has 12 atom stereocenters. The number of fused-ring (bicyclic) bond motifs is 5. The van der Waals surface area contributed by atoms with Crippen molar-refractivity contribution in [2.24, 2.45) is 17.3 Å². The maximum atomic E-state index is 14.4. The number of pyridine rings is 1. The molecule has 3 heterocycles. The summed E-state index contributed by atoms with van der Waals surface area (Å²) in [5, 5.41) is 13.6. The number of nitrogens with zero attached hydrogens (tertiary/aromatic N) is 1. The van der Waals surface area contributed by atoms with Gasteiger partial charge in [-0.15, -0.1) is 0 Å². The summed E-state index contributed by atoms with van der Waals surface area (Å²) >= 11 is 0. The highest BCUT2D eigenvalue weighted by Crippen LogP contribution is 2.70. The van der Waals surface area contributed by atoms with Gasteiger partial charge in [-0.05, 0) is 51.0 Å². The van der Waals surface area contributed by atoms with Crippen molar-refractivity contribution >= 4 is 47.8 Å². The fraction of sp³-hybridized carbons (Fsp3) is 0.558. The molecule has 19 nitrogen and oxygen atoms in total. The molecule has 334 valence electrons. The summed E-state index contributed by atoms with van der Waals surface area (Å²) in [6, 6.07) is 10.4. The molecular formula is C43H49NO18. The van der Waals surface area contributed by atoms with E-state index in [2.05, 4.69) is 4.98 Å². The van der Waals surface area contributed by atoms with Gasteiger partial charge in [-0.2, -0.15) is 0 Å². The van der Waals surface area contributed by atoms with Crippen LogP contribution in [0.5, 0.6) is 0 Å². The Kier molecular flexibility index (Phi) is 12.6. The average molecular weight is 868 g/mol. The van der Waals surface area contributed by atoms with Gasteiger partial charge in [0.15, 0.2) is 30.0 Å². The molecule has 2 aliphatic heterocycles. The third kappa shape index (κ3) is 7.76. The maximum Gasteiger partial charge on any atom is 0.340 e. The van der Waals surface area contributed by atoms with Crippen molar-refractivity contribution in [3.8, 4) is 0 Å². The highest BCUT2D eigenvalue weighted by Gasteiger charge is 2.92. The lowest BCUT2D eigenvalue weighted by molar-refractivity contribution is -0.386. The van der Waals surface area contributed by atoms with E-state index in [0.717, 1.165) is 41.5 Å². The van der Waals surface area contributed by atoms with Gasteiger partial charge in [0.25, 0.3) is 0 Å². The molecule has 1 aromatic carbocycles. The second-order valence-electron chi connectivity index (χ2n) is 16.4. The SMILES string of the molecule is CC(=O)OC[C@]12[C@H](OC(C)=O)[C@H](OC(C)=O)[C@@H]3[C@@H](OC(C)=O)[C@@]14O[C@@]3(C)COC(=O)c1cccnc1CC[C@@H](C)C(=O)O[C@@H]([C@H](OC(=O)c1ccccc1)[C@@H]2OC(C)=O)[C@@]4(C)O. The minimum absolute atomic E-state index is 0.0225. The van der Waals surface area contributed by atoms with Gasteiger partial charge in [-0.25, -0.2) is 9.59 Å². The topological polar surface area (TPSA) is 253 Å². The Hall–Kier alpha value is -5.95. The summed E-state index contributed by atoms with van der Waals surface area (Å²) in [6.45, 7) is 7.16. The number of esters is 8. The molecule has 0 amide bonds. The van der Waals surface area contributed by atoms with E-state index in [-0.39, 0.29) is 29.7 Å². The zero-order chi connectivity index (χ0) is 45.5. The normalized spacial score (nSPS) is 35.0. The molecule has 0 unspecified atom stereocenters. The van der Waals surface area contributed by atoms with Gasteiger partial charge in [0, 0.05) is 40.8 Å². The van der Waals surface area contributed by atoms with Crippen molar-refractivity contribution in [3.63, 3.8) is 0 Å². The Balaban J connectivity index is 1.77. The second-order valence-corrected chi connectivity index (χ2v) is 16.4. The zero-order valence-electron chi connectivity index (χ0n) is 35.4. The average Bonchev–Trinajstić information content (AvgIpc) is 3.41. The molecule has 2 aliphatic carbocycles. The Morgan fingerprint density at radius 2 is 1.37 bits per heavy atom. The number of carbonyl (C=O) groups is 8. The van der Waals surface area contributed by atoms with E-state index >= 15 is 0 Å². The molecule has 4 bridgehead atoms. The Bertz CT molecular complexity index is 2140. The molecular weight excluding hydrogens is 818 g/mol. The number of hydrogen-bond acceptors (Lipinski definition) is 19. The molecule has 4 aliphatic rings. The van der Waals surface area contributed by atoms with Crippen molar-refractivity contribution in [2.75, 3.05) is 13.2 Å². The fourth-order valence-corrected chi connectivity index (χ4v) is 9.73. The molecule has 1 saturated heterocycles. The number of carbonyl (C=O) groups excluding carboxylic acids is 8. The first-order valence-electron chi connectivity index (χ1n) is 19.9.